The van der Waals surface area contributed by atoms with Gasteiger partial charge in [-0.05, 0) is 65.7 Å². The van der Waals surface area contributed by atoms with Gasteiger partial charge in [-0.2, -0.15) is 0 Å². The molecule has 1 unspecified atom stereocenters. The fourth-order valence-electron chi connectivity index (χ4n) is 2.93. The summed E-state index contributed by atoms with van der Waals surface area (Å²) in [4.78, 5) is 62.1. The Kier molecular flexibility index (Phi) is 12.5. The summed E-state index contributed by atoms with van der Waals surface area (Å²) in [7, 11) is 0. The van der Waals surface area contributed by atoms with Crippen molar-refractivity contribution in [3.63, 3.8) is 0 Å². The number of esters is 2. The monoisotopic (exact) mass is 555 g/mol. The van der Waals surface area contributed by atoms with Gasteiger partial charge in [0.2, 0.25) is 0 Å². The lowest BCUT2D eigenvalue weighted by Gasteiger charge is -2.33. The number of hydrogen-bond donors (Lipinski definition) is 1. The van der Waals surface area contributed by atoms with Gasteiger partial charge < -0.3 is 33.2 Å². The Balaban J connectivity index is 3.59. The van der Waals surface area contributed by atoms with Crippen LogP contribution in [0, 0.1) is 0 Å². The molecule has 0 fully saturated rings. The molecule has 39 heavy (non-hydrogen) atoms. The number of amides is 1. The van der Waals surface area contributed by atoms with E-state index in [9.17, 15) is 24.0 Å². The van der Waals surface area contributed by atoms with Crippen molar-refractivity contribution in [2.24, 2.45) is 0 Å². The van der Waals surface area contributed by atoms with Crippen LogP contribution in [0.5, 0.6) is 11.5 Å². The number of hydrogen-bond acceptors (Lipinski definition) is 12. The van der Waals surface area contributed by atoms with Crippen LogP contribution in [0.2, 0.25) is 0 Å². The third-order valence-electron chi connectivity index (χ3n) is 4.61. The zero-order valence-corrected chi connectivity index (χ0v) is 23.5. The maximum Gasteiger partial charge on any atom is 0.513 e. The van der Waals surface area contributed by atoms with Crippen LogP contribution in [0.15, 0.2) is 18.2 Å². The van der Waals surface area contributed by atoms with Gasteiger partial charge in [-0.3, -0.25) is 10.1 Å². The Labute approximate surface area is 227 Å². The molecule has 0 bridgehead atoms. The number of benzene rings is 1. The maximum absolute atomic E-state index is 13.3. The summed E-state index contributed by atoms with van der Waals surface area (Å²) in [6, 6.07) is 3.88. The molecule has 0 aliphatic carbocycles. The minimum Gasteiger partial charge on any atom is -0.458 e. The molecule has 0 spiro atoms. The second kappa shape index (κ2) is 14.8. The van der Waals surface area contributed by atoms with Crippen molar-refractivity contribution >= 4 is 30.3 Å². The van der Waals surface area contributed by atoms with Gasteiger partial charge in [0.15, 0.2) is 11.5 Å². The van der Waals surface area contributed by atoms with E-state index in [4.69, 9.17) is 33.2 Å². The third kappa shape index (κ3) is 11.5. The Morgan fingerprint density at radius 2 is 1.44 bits per heavy atom. The Morgan fingerprint density at radius 3 is 1.92 bits per heavy atom. The zero-order valence-electron chi connectivity index (χ0n) is 23.5. The van der Waals surface area contributed by atoms with E-state index in [1.54, 1.807) is 48.5 Å². The standard InChI is InChI=1S/C26H37NO12/c1-9-16(4)35-21(29)26(38-17(5)28,27-22(30)39-25(6,7)8)15-18-12-13-19(36-23(31)33-10-2)20(14-18)37-24(32)34-11-3/h12-14,16H,9-11,15H2,1-8H3,(H,27,30)/t16?,26-/m0/s1. The minimum absolute atomic E-state index is 0.00339. The van der Waals surface area contributed by atoms with E-state index in [1.807, 2.05) is 0 Å². The molecule has 1 amide bonds. The van der Waals surface area contributed by atoms with Crippen molar-refractivity contribution < 1.29 is 57.1 Å². The summed E-state index contributed by atoms with van der Waals surface area (Å²) >= 11 is 0. The summed E-state index contributed by atoms with van der Waals surface area (Å²) in [6.07, 6.45) is -3.85. The molecule has 0 aliphatic heterocycles. The summed E-state index contributed by atoms with van der Waals surface area (Å²) in [5, 5.41) is 2.32. The van der Waals surface area contributed by atoms with E-state index in [0.717, 1.165) is 6.92 Å². The second-order valence-electron chi connectivity index (χ2n) is 9.20. The molecule has 0 saturated heterocycles. The van der Waals surface area contributed by atoms with Crippen molar-refractivity contribution in [3.05, 3.63) is 23.8 Å². The van der Waals surface area contributed by atoms with E-state index in [-0.39, 0.29) is 30.3 Å². The molecule has 0 radical (unpaired) electrons. The lowest BCUT2D eigenvalue weighted by Crippen LogP contribution is -2.60. The van der Waals surface area contributed by atoms with Crippen molar-refractivity contribution in [3.8, 4) is 11.5 Å². The minimum atomic E-state index is -2.37. The van der Waals surface area contributed by atoms with Crippen molar-refractivity contribution in [2.75, 3.05) is 13.2 Å². The SMILES string of the molecule is CCOC(=O)Oc1ccc(C[C@](NC(=O)OC(C)(C)C)(OC(C)=O)C(=O)OC(C)CC)cc1OC(=O)OCC. The van der Waals surface area contributed by atoms with Gasteiger partial charge in [0.1, 0.15) is 5.60 Å². The second-order valence-corrected chi connectivity index (χ2v) is 9.20. The number of carbonyl (C=O) groups excluding carboxylic acids is 5. The molecule has 1 aromatic carbocycles. The lowest BCUT2D eigenvalue weighted by molar-refractivity contribution is -0.188. The summed E-state index contributed by atoms with van der Waals surface area (Å²) in [5.74, 6) is -2.45. The lowest BCUT2D eigenvalue weighted by atomic mass is 10.0. The number of ether oxygens (including phenoxy) is 7. The van der Waals surface area contributed by atoms with Gasteiger partial charge in [0, 0.05) is 13.3 Å². The first-order valence-electron chi connectivity index (χ1n) is 12.4. The average Bonchev–Trinajstić information content (AvgIpc) is 2.79. The molecule has 0 heterocycles. The van der Waals surface area contributed by atoms with E-state index in [1.165, 1.54) is 18.2 Å². The molecule has 0 aliphatic rings. The van der Waals surface area contributed by atoms with Crippen LogP contribution in [-0.2, 0) is 39.7 Å². The Bertz CT molecular complexity index is 1030. The van der Waals surface area contributed by atoms with Gasteiger partial charge in [-0.1, -0.05) is 13.0 Å². The van der Waals surface area contributed by atoms with Crippen LogP contribution < -0.4 is 14.8 Å². The molecule has 2 atom stereocenters. The van der Waals surface area contributed by atoms with Crippen LogP contribution in [0.25, 0.3) is 0 Å². The van der Waals surface area contributed by atoms with E-state index >= 15 is 0 Å². The molecule has 218 valence electrons. The van der Waals surface area contributed by atoms with Crippen LogP contribution in [0.3, 0.4) is 0 Å². The molecule has 1 rings (SSSR count). The quantitative estimate of drug-likeness (QED) is 0.177. The smallest absolute Gasteiger partial charge is 0.458 e. The number of nitrogens with one attached hydrogen (secondary N) is 1. The first kappa shape index (κ1) is 33.0. The largest absolute Gasteiger partial charge is 0.513 e. The molecule has 13 heteroatoms. The average molecular weight is 556 g/mol. The molecule has 0 saturated carbocycles. The van der Waals surface area contributed by atoms with Crippen LogP contribution >= 0.6 is 0 Å². The summed E-state index contributed by atoms with van der Waals surface area (Å²) in [6.45, 7) is 12.4. The van der Waals surface area contributed by atoms with E-state index in [2.05, 4.69) is 5.32 Å². The first-order chi connectivity index (χ1) is 18.1. The summed E-state index contributed by atoms with van der Waals surface area (Å²) < 4.78 is 35.9. The van der Waals surface area contributed by atoms with Crippen LogP contribution in [0.4, 0.5) is 14.4 Å². The van der Waals surface area contributed by atoms with Crippen LogP contribution in [0.1, 0.15) is 67.4 Å². The normalized spacial score (nSPS) is 13.1. The van der Waals surface area contributed by atoms with Gasteiger partial charge in [0.05, 0.1) is 19.3 Å². The highest BCUT2D eigenvalue weighted by Gasteiger charge is 2.47. The Morgan fingerprint density at radius 1 is 0.872 bits per heavy atom. The van der Waals surface area contributed by atoms with E-state index in [0.29, 0.717) is 6.42 Å². The fourth-order valence-corrected chi connectivity index (χ4v) is 2.93. The molecule has 13 nitrogen and oxygen atoms in total. The fraction of sp³-hybridized carbons (Fsp3) is 0.577. The first-order valence-corrected chi connectivity index (χ1v) is 12.4. The highest BCUT2D eigenvalue weighted by molar-refractivity contribution is 5.87. The predicted octanol–water partition coefficient (Wildman–Crippen LogP) is 4.43. The van der Waals surface area contributed by atoms with Gasteiger partial charge >= 0.3 is 30.3 Å². The predicted molar refractivity (Wildman–Crippen MR) is 135 cm³/mol. The Hall–Kier alpha value is -4.03. The van der Waals surface area contributed by atoms with Gasteiger partial charge in [-0.15, -0.1) is 0 Å². The summed E-state index contributed by atoms with van der Waals surface area (Å²) in [5.41, 5.74) is -3.12. The highest BCUT2D eigenvalue weighted by Crippen LogP contribution is 2.32. The van der Waals surface area contributed by atoms with Crippen LogP contribution in [-0.4, -0.2) is 61.0 Å². The van der Waals surface area contributed by atoms with Crippen molar-refractivity contribution in [1.29, 1.82) is 0 Å². The molecular formula is C26H37NO12. The molecule has 1 N–H and O–H groups in total. The third-order valence-corrected chi connectivity index (χ3v) is 4.61. The van der Waals surface area contributed by atoms with Crippen molar-refractivity contribution in [2.45, 2.75) is 85.7 Å². The van der Waals surface area contributed by atoms with Gasteiger partial charge in [0.25, 0.3) is 5.72 Å². The maximum atomic E-state index is 13.3. The van der Waals surface area contributed by atoms with Crippen molar-refractivity contribution in [1.82, 2.24) is 5.32 Å². The topological polar surface area (TPSA) is 162 Å². The molecule has 1 aromatic rings. The number of carbonyl (C=O) groups is 5. The van der Waals surface area contributed by atoms with E-state index < -0.39 is 54.2 Å². The molecular weight excluding hydrogens is 518 g/mol. The van der Waals surface area contributed by atoms with Gasteiger partial charge in [-0.25, -0.2) is 19.2 Å². The zero-order chi connectivity index (χ0) is 29.8. The number of rotatable bonds is 11. The molecule has 0 aromatic heterocycles. The number of alkyl carbamates (subject to hydrolysis) is 1. The highest BCUT2D eigenvalue weighted by atomic mass is 16.7.